The number of halogens is 3. The van der Waals surface area contributed by atoms with Crippen LogP contribution in [0.2, 0.25) is 0 Å². The molecule has 158 valence electrons. The number of hydrogen-bond donors (Lipinski definition) is 3. The third kappa shape index (κ3) is 4.63. The molecule has 0 bridgehead atoms. The van der Waals surface area contributed by atoms with Crippen LogP contribution in [0.5, 0.6) is 0 Å². The Labute approximate surface area is 166 Å². The summed E-state index contributed by atoms with van der Waals surface area (Å²) in [6.07, 6.45) is -3.88. The van der Waals surface area contributed by atoms with Crippen LogP contribution in [0.25, 0.3) is 0 Å². The lowest BCUT2D eigenvalue weighted by Gasteiger charge is -2.35. The second kappa shape index (κ2) is 7.92. The summed E-state index contributed by atoms with van der Waals surface area (Å²) in [6, 6.07) is 2.03. The van der Waals surface area contributed by atoms with Crippen molar-refractivity contribution in [3.8, 4) is 0 Å². The van der Waals surface area contributed by atoms with Crippen molar-refractivity contribution in [3.05, 3.63) is 29.8 Å². The highest BCUT2D eigenvalue weighted by molar-refractivity contribution is 5.98. The fourth-order valence-corrected chi connectivity index (χ4v) is 3.78. The van der Waals surface area contributed by atoms with E-state index in [1.165, 1.54) is 17.0 Å². The minimum absolute atomic E-state index is 0.139. The number of carbonyl (C=O) groups is 3. The van der Waals surface area contributed by atoms with Crippen molar-refractivity contribution in [2.24, 2.45) is 5.92 Å². The summed E-state index contributed by atoms with van der Waals surface area (Å²) in [4.78, 5) is 38.6. The fourth-order valence-electron chi connectivity index (χ4n) is 3.78. The molecule has 10 heteroatoms. The lowest BCUT2D eigenvalue weighted by molar-refractivity contribution is -0.147. The van der Waals surface area contributed by atoms with Gasteiger partial charge < -0.3 is 20.9 Å². The van der Waals surface area contributed by atoms with Crippen LogP contribution in [-0.2, 0) is 15.8 Å². The van der Waals surface area contributed by atoms with E-state index in [1.807, 2.05) is 13.8 Å². The van der Waals surface area contributed by atoms with E-state index < -0.39 is 35.9 Å². The van der Waals surface area contributed by atoms with Crippen LogP contribution < -0.4 is 16.0 Å². The van der Waals surface area contributed by atoms with Crippen molar-refractivity contribution in [3.63, 3.8) is 0 Å². The van der Waals surface area contributed by atoms with Gasteiger partial charge in [-0.1, -0.05) is 26.0 Å². The number of rotatable bonds is 4. The van der Waals surface area contributed by atoms with Crippen LogP contribution in [0.4, 0.5) is 23.7 Å². The third-order valence-corrected chi connectivity index (χ3v) is 5.02. The Morgan fingerprint density at radius 3 is 2.62 bits per heavy atom. The third-order valence-electron chi connectivity index (χ3n) is 5.02. The molecular formula is C19H23F3N4O3. The second-order valence-corrected chi connectivity index (χ2v) is 7.77. The van der Waals surface area contributed by atoms with Crippen molar-refractivity contribution >= 4 is 23.5 Å². The largest absolute Gasteiger partial charge is 0.418 e. The Hall–Kier alpha value is -2.78. The molecule has 0 radical (unpaired) electrons. The smallest absolute Gasteiger partial charge is 0.342 e. The summed E-state index contributed by atoms with van der Waals surface area (Å²) in [5.41, 5.74) is -1.32. The van der Waals surface area contributed by atoms with Crippen molar-refractivity contribution in [2.45, 2.75) is 51.0 Å². The van der Waals surface area contributed by atoms with Crippen LogP contribution in [0.3, 0.4) is 0 Å². The average molecular weight is 412 g/mol. The topological polar surface area (TPSA) is 90.5 Å². The molecular weight excluding hydrogens is 389 g/mol. The number of nitrogens with zero attached hydrogens (tertiary/aromatic N) is 1. The Morgan fingerprint density at radius 2 is 1.97 bits per heavy atom. The molecule has 4 amide bonds. The summed E-state index contributed by atoms with van der Waals surface area (Å²) < 4.78 is 39.2. The molecule has 3 atom stereocenters. The number of hydrogen-bond acceptors (Lipinski definition) is 3. The zero-order valence-corrected chi connectivity index (χ0v) is 16.0. The first-order valence-corrected chi connectivity index (χ1v) is 9.41. The minimum atomic E-state index is -4.60. The first-order chi connectivity index (χ1) is 13.6. The van der Waals surface area contributed by atoms with E-state index in [4.69, 9.17) is 0 Å². The van der Waals surface area contributed by atoms with Gasteiger partial charge in [-0.15, -0.1) is 0 Å². The van der Waals surface area contributed by atoms with Gasteiger partial charge in [-0.05, 0) is 30.9 Å². The molecule has 0 aromatic heterocycles. The van der Waals surface area contributed by atoms with Gasteiger partial charge in [0.25, 0.3) is 0 Å². The molecule has 1 aromatic rings. The highest BCUT2D eigenvalue weighted by Gasteiger charge is 2.46. The van der Waals surface area contributed by atoms with E-state index >= 15 is 0 Å². The van der Waals surface area contributed by atoms with Crippen molar-refractivity contribution in [1.82, 2.24) is 15.5 Å². The predicted molar refractivity (Wildman–Crippen MR) is 98.9 cm³/mol. The first-order valence-electron chi connectivity index (χ1n) is 9.41. The number of carbonyl (C=O) groups excluding carboxylic acids is 3. The number of fused-ring (bicyclic) bond motifs is 1. The number of piperazine rings is 1. The van der Waals surface area contributed by atoms with E-state index in [9.17, 15) is 27.6 Å². The Bertz CT molecular complexity index is 812. The van der Waals surface area contributed by atoms with Gasteiger partial charge in [-0.3, -0.25) is 9.59 Å². The number of nitrogens with one attached hydrogen (secondary N) is 3. The Kier molecular flexibility index (Phi) is 5.72. The Balaban J connectivity index is 1.64. The van der Waals surface area contributed by atoms with E-state index in [1.54, 1.807) is 0 Å². The number of benzene rings is 1. The molecule has 3 N–H and O–H groups in total. The molecule has 3 rings (SSSR count). The summed E-state index contributed by atoms with van der Waals surface area (Å²) in [5, 5.41) is 7.50. The monoisotopic (exact) mass is 412 g/mol. The van der Waals surface area contributed by atoms with E-state index in [2.05, 4.69) is 16.0 Å². The highest BCUT2D eigenvalue weighted by atomic mass is 19.4. The van der Waals surface area contributed by atoms with Gasteiger partial charge >= 0.3 is 12.2 Å². The fraction of sp³-hybridized carbons (Fsp3) is 0.526. The van der Waals surface area contributed by atoms with Gasteiger partial charge in [0, 0.05) is 6.54 Å². The number of anilines is 1. The molecule has 2 aliphatic heterocycles. The molecule has 0 aliphatic carbocycles. The van der Waals surface area contributed by atoms with Gasteiger partial charge in [-0.25, -0.2) is 4.79 Å². The summed E-state index contributed by atoms with van der Waals surface area (Å²) in [5.74, 6) is -0.255. The van der Waals surface area contributed by atoms with Crippen molar-refractivity contribution < 1.29 is 27.6 Å². The van der Waals surface area contributed by atoms with Crippen molar-refractivity contribution in [1.29, 1.82) is 0 Å². The molecule has 0 unspecified atom stereocenters. The van der Waals surface area contributed by atoms with E-state index in [0.717, 1.165) is 12.1 Å². The maximum atomic E-state index is 13.1. The lowest BCUT2D eigenvalue weighted by atomic mass is 9.99. The summed E-state index contributed by atoms with van der Waals surface area (Å²) in [7, 11) is 0. The number of amides is 4. The van der Waals surface area contributed by atoms with Gasteiger partial charge in [0.15, 0.2) is 0 Å². The first kappa shape index (κ1) is 20.9. The number of urea groups is 1. The van der Waals surface area contributed by atoms with Crippen LogP contribution in [0.15, 0.2) is 24.3 Å². The van der Waals surface area contributed by atoms with Gasteiger partial charge in [0.05, 0.1) is 17.3 Å². The number of para-hydroxylation sites is 1. The molecule has 1 aromatic carbocycles. The molecule has 7 nitrogen and oxygen atoms in total. The van der Waals surface area contributed by atoms with Crippen LogP contribution >= 0.6 is 0 Å². The van der Waals surface area contributed by atoms with E-state index in [0.29, 0.717) is 6.42 Å². The molecule has 2 heterocycles. The van der Waals surface area contributed by atoms with Gasteiger partial charge in [0.1, 0.15) is 12.1 Å². The normalized spacial score (nSPS) is 24.3. The molecule has 0 spiro atoms. The quantitative estimate of drug-likeness (QED) is 0.709. The van der Waals surface area contributed by atoms with Crippen LogP contribution in [0, 0.1) is 5.92 Å². The molecule has 2 saturated heterocycles. The zero-order valence-electron chi connectivity index (χ0n) is 16.0. The van der Waals surface area contributed by atoms with Gasteiger partial charge in [0.2, 0.25) is 11.8 Å². The summed E-state index contributed by atoms with van der Waals surface area (Å²) in [6.45, 7) is 4.03. The maximum absolute atomic E-state index is 13.1. The SMILES string of the molecule is CC(C)C[C@@H]1NC(=O)[C@@H]2C[C@H](NC(=O)Nc3ccccc3C(F)(F)F)CN2C1=O. The number of alkyl halides is 3. The molecule has 29 heavy (non-hydrogen) atoms. The summed E-state index contributed by atoms with van der Waals surface area (Å²) >= 11 is 0. The standard InChI is InChI=1S/C19H23F3N4O3/c1-10(2)7-14-17(28)26-9-11(8-15(26)16(27)24-14)23-18(29)25-13-6-4-3-5-12(13)19(20,21)22/h3-6,10-11,14-15H,7-9H2,1-2H3,(H,24,27)(H2,23,25,29)/t11-,14-,15-/m0/s1. The van der Waals surface area contributed by atoms with Crippen LogP contribution in [0.1, 0.15) is 32.3 Å². The second-order valence-electron chi connectivity index (χ2n) is 7.77. The minimum Gasteiger partial charge on any atom is -0.342 e. The molecule has 2 aliphatic rings. The van der Waals surface area contributed by atoms with Crippen LogP contribution in [-0.4, -0.2) is 47.4 Å². The van der Waals surface area contributed by atoms with E-state index in [-0.39, 0.29) is 36.4 Å². The predicted octanol–water partition coefficient (Wildman–Crippen LogP) is 2.34. The van der Waals surface area contributed by atoms with Gasteiger partial charge in [-0.2, -0.15) is 13.2 Å². The zero-order chi connectivity index (χ0) is 21.3. The Morgan fingerprint density at radius 1 is 1.28 bits per heavy atom. The lowest BCUT2D eigenvalue weighted by Crippen LogP contribution is -2.61. The highest BCUT2D eigenvalue weighted by Crippen LogP contribution is 2.34. The average Bonchev–Trinajstić information content (AvgIpc) is 3.03. The maximum Gasteiger partial charge on any atom is 0.418 e. The molecule has 0 saturated carbocycles. The molecule has 2 fully saturated rings. The van der Waals surface area contributed by atoms with Crippen molar-refractivity contribution in [2.75, 3.05) is 11.9 Å².